The largest absolute Gasteiger partial charge is 0.322 e. The van der Waals surface area contributed by atoms with Gasteiger partial charge in [0.25, 0.3) is 5.56 Å². The van der Waals surface area contributed by atoms with Gasteiger partial charge in [0.2, 0.25) is 0 Å². The normalized spacial score (nSPS) is 11.0. The monoisotopic (exact) mass is 296 g/mol. The van der Waals surface area contributed by atoms with Crippen molar-refractivity contribution in [2.45, 2.75) is 20.0 Å². The summed E-state index contributed by atoms with van der Waals surface area (Å²) in [5, 5.41) is 4.24. The van der Waals surface area contributed by atoms with Crippen LogP contribution in [0.2, 0.25) is 0 Å². The van der Waals surface area contributed by atoms with E-state index in [1.165, 1.54) is 12.1 Å². The highest BCUT2D eigenvalue weighted by Gasteiger charge is 2.03. The maximum atomic E-state index is 12.8. The van der Waals surface area contributed by atoms with Crippen LogP contribution in [-0.4, -0.2) is 4.98 Å². The molecule has 0 aliphatic rings. The molecule has 0 fully saturated rings. The highest BCUT2D eigenvalue weighted by atomic mass is 19.1. The van der Waals surface area contributed by atoms with Crippen LogP contribution in [0.5, 0.6) is 0 Å². The van der Waals surface area contributed by atoms with E-state index in [9.17, 15) is 9.18 Å². The first-order valence-electron chi connectivity index (χ1n) is 7.19. The average molecular weight is 296 g/mol. The number of H-pyrrole nitrogens is 1. The number of aromatic amines is 1. The average Bonchev–Trinajstić information content (AvgIpc) is 2.50. The molecule has 3 aromatic rings. The van der Waals surface area contributed by atoms with Gasteiger partial charge in [-0.1, -0.05) is 23.8 Å². The number of pyridine rings is 1. The lowest BCUT2D eigenvalue weighted by atomic mass is 10.1. The predicted octanol–water partition coefficient (Wildman–Crippen LogP) is 3.27. The number of nitrogens with one attached hydrogen (secondary N) is 2. The Morgan fingerprint density at radius 2 is 1.82 bits per heavy atom. The number of halogens is 1. The molecule has 0 saturated heterocycles. The molecule has 112 valence electrons. The lowest BCUT2D eigenvalue weighted by Crippen LogP contribution is -2.20. The van der Waals surface area contributed by atoms with Gasteiger partial charge in [-0.15, -0.1) is 0 Å². The minimum absolute atomic E-state index is 0.0806. The summed E-state index contributed by atoms with van der Waals surface area (Å²) < 4.78 is 12.8. The van der Waals surface area contributed by atoms with Crippen LogP contribution in [-0.2, 0) is 13.1 Å². The molecule has 0 unspecified atom stereocenters. The van der Waals surface area contributed by atoms with Crippen LogP contribution in [0.15, 0.2) is 53.3 Å². The Morgan fingerprint density at radius 1 is 1.05 bits per heavy atom. The zero-order valence-electron chi connectivity index (χ0n) is 12.3. The van der Waals surface area contributed by atoms with Crippen LogP contribution in [0.4, 0.5) is 4.39 Å². The molecule has 0 saturated carbocycles. The van der Waals surface area contributed by atoms with E-state index in [-0.39, 0.29) is 11.4 Å². The van der Waals surface area contributed by atoms with Gasteiger partial charge in [0.1, 0.15) is 5.82 Å². The molecule has 0 atom stereocenters. The van der Waals surface area contributed by atoms with E-state index in [4.69, 9.17) is 0 Å². The summed E-state index contributed by atoms with van der Waals surface area (Å²) in [6.45, 7) is 3.08. The molecule has 1 aromatic heterocycles. The third-order valence-electron chi connectivity index (χ3n) is 3.63. The first-order chi connectivity index (χ1) is 10.6. The highest BCUT2D eigenvalue weighted by Crippen LogP contribution is 2.13. The van der Waals surface area contributed by atoms with Gasteiger partial charge in [0.05, 0.1) is 0 Å². The van der Waals surface area contributed by atoms with Gasteiger partial charge >= 0.3 is 0 Å². The number of benzene rings is 2. The maximum absolute atomic E-state index is 12.8. The van der Waals surface area contributed by atoms with Crippen molar-refractivity contribution in [2.75, 3.05) is 0 Å². The van der Waals surface area contributed by atoms with E-state index in [2.05, 4.69) is 16.4 Å². The molecule has 3 nitrogen and oxygen atoms in total. The highest BCUT2D eigenvalue weighted by molar-refractivity contribution is 5.79. The van der Waals surface area contributed by atoms with Crippen LogP contribution in [0, 0.1) is 12.7 Å². The SMILES string of the molecule is Cc1ccc2[nH]c(=O)c(CNCc3ccc(F)cc3)cc2c1. The molecular formula is C18H17FN2O. The second-order valence-corrected chi connectivity index (χ2v) is 5.44. The maximum Gasteiger partial charge on any atom is 0.252 e. The van der Waals surface area contributed by atoms with Crippen LogP contribution in [0.1, 0.15) is 16.7 Å². The fourth-order valence-electron chi connectivity index (χ4n) is 2.45. The van der Waals surface area contributed by atoms with Crippen LogP contribution >= 0.6 is 0 Å². The number of hydrogen-bond acceptors (Lipinski definition) is 2. The lowest BCUT2D eigenvalue weighted by molar-refractivity contribution is 0.624. The zero-order valence-corrected chi connectivity index (χ0v) is 12.3. The molecule has 0 amide bonds. The number of aromatic nitrogens is 1. The standard InChI is InChI=1S/C18H17FN2O/c1-12-2-7-17-14(8-12)9-15(18(22)21-17)11-20-10-13-3-5-16(19)6-4-13/h2-9,20H,10-11H2,1H3,(H,21,22). The Labute approximate surface area is 127 Å². The fourth-order valence-corrected chi connectivity index (χ4v) is 2.45. The van der Waals surface area contributed by atoms with E-state index in [0.717, 1.165) is 22.0 Å². The molecule has 0 aliphatic heterocycles. The van der Waals surface area contributed by atoms with E-state index in [1.54, 1.807) is 12.1 Å². The smallest absolute Gasteiger partial charge is 0.252 e. The molecule has 0 bridgehead atoms. The van der Waals surface area contributed by atoms with Gasteiger partial charge in [-0.3, -0.25) is 4.79 Å². The molecule has 0 spiro atoms. The summed E-state index contributed by atoms with van der Waals surface area (Å²) in [6, 6.07) is 14.2. The molecule has 1 heterocycles. The first kappa shape index (κ1) is 14.5. The van der Waals surface area contributed by atoms with Crippen molar-refractivity contribution in [1.82, 2.24) is 10.3 Å². The van der Waals surface area contributed by atoms with Crippen LogP contribution in [0.25, 0.3) is 10.9 Å². The molecule has 2 N–H and O–H groups in total. The van der Waals surface area contributed by atoms with Gasteiger partial charge in [-0.05, 0) is 48.2 Å². The van der Waals surface area contributed by atoms with Gasteiger partial charge in [-0.2, -0.15) is 0 Å². The number of aryl methyl sites for hydroxylation is 1. The summed E-state index contributed by atoms with van der Waals surface area (Å²) in [6.07, 6.45) is 0. The molecule has 22 heavy (non-hydrogen) atoms. The Balaban J connectivity index is 1.74. The Hall–Kier alpha value is -2.46. The van der Waals surface area contributed by atoms with Gasteiger partial charge in [-0.25, -0.2) is 4.39 Å². The van der Waals surface area contributed by atoms with E-state index < -0.39 is 0 Å². The first-order valence-corrected chi connectivity index (χ1v) is 7.19. The van der Waals surface area contributed by atoms with E-state index in [0.29, 0.717) is 18.7 Å². The summed E-state index contributed by atoms with van der Waals surface area (Å²) in [5.41, 5.74) is 3.60. The fraction of sp³-hybridized carbons (Fsp3) is 0.167. The number of hydrogen-bond donors (Lipinski definition) is 2. The molecule has 4 heteroatoms. The molecule has 0 radical (unpaired) electrons. The summed E-state index contributed by atoms with van der Waals surface area (Å²) >= 11 is 0. The van der Waals surface area contributed by atoms with Crippen molar-refractivity contribution < 1.29 is 4.39 Å². The van der Waals surface area contributed by atoms with Crippen molar-refractivity contribution in [1.29, 1.82) is 0 Å². The molecule has 0 aliphatic carbocycles. The number of fused-ring (bicyclic) bond motifs is 1. The van der Waals surface area contributed by atoms with Crippen molar-refractivity contribution in [2.24, 2.45) is 0 Å². The second-order valence-electron chi connectivity index (χ2n) is 5.44. The minimum Gasteiger partial charge on any atom is -0.322 e. The van der Waals surface area contributed by atoms with E-state index in [1.807, 2.05) is 25.1 Å². The predicted molar refractivity (Wildman–Crippen MR) is 86.2 cm³/mol. The van der Waals surface area contributed by atoms with Gasteiger partial charge < -0.3 is 10.3 Å². The molecular weight excluding hydrogens is 279 g/mol. The third kappa shape index (κ3) is 3.23. The lowest BCUT2D eigenvalue weighted by Gasteiger charge is -2.06. The Morgan fingerprint density at radius 3 is 2.59 bits per heavy atom. The minimum atomic E-state index is -0.245. The van der Waals surface area contributed by atoms with Crippen LogP contribution in [0.3, 0.4) is 0 Å². The van der Waals surface area contributed by atoms with Gasteiger partial charge in [0, 0.05) is 24.2 Å². The zero-order chi connectivity index (χ0) is 15.5. The van der Waals surface area contributed by atoms with Crippen molar-refractivity contribution in [3.63, 3.8) is 0 Å². The Kier molecular flexibility index (Phi) is 4.02. The Bertz CT molecular complexity index is 853. The molecule has 3 rings (SSSR count). The van der Waals surface area contributed by atoms with E-state index >= 15 is 0 Å². The van der Waals surface area contributed by atoms with Crippen LogP contribution < -0.4 is 10.9 Å². The summed E-state index contributed by atoms with van der Waals surface area (Å²) in [7, 11) is 0. The molecule has 2 aromatic carbocycles. The van der Waals surface area contributed by atoms with Crippen molar-refractivity contribution in [3.05, 3.63) is 81.4 Å². The second kappa shape index (κ2) is 6.12. The summed E-state index contributed by atoms with van der Waals surface area (Å²) in [4.78, 5) is 15.0. The number of rotatable bonds is 4. The van der Waals surface area contributed by atoms with Gasteiger partial charge in [0.15, 0.2) is 0 Å². The van der Waals surface area contributed by atoms with Crippen molar-refractivity contribution in [3.8, 4) is 0 Å². The third-order valence-corrected chi connectivity index (χ3v) is 3.63. The quantitative estimate of drug-likeness (QED) is 0.776. The van der Waals surface area contributed by atoms with Crippen molar-refractivity contribution >= 4 is 10.9 Å². The summed E-state index contributed by atoms with van der Waals surface area (Å²) in [5.74, 6) is -0.245. The topological polar surface area (TPSA) is 44.9 Å².